The van der Waals surface area contributed by atoms with Crippen molar-refractivity contribution in [1.82, 2.24) is 0 Å². The van der Waals surface area contributed by atoms with Gasteiger partial charge in [-0.3, -0.25) is 9.59 Å². The molecule has 0 aromatic rings. The number of aliphatic carboxylic acids is 1. The van der Waals surface area contributed by atoms with Crippen LogP contribution in [0.15, 0.2) is 12.2 Å². The van der Waals surface area contributed by atoms with Crippen LogP contribution < -0.4 is 0 Å². The second kappa shape index (κ2) is 47.6. The van der Waals surface area contributed by atoms with Gasteiger partial charge in [0, 0.05) is 19.3 Å². The molecule has 0 heterocycles. The van der Waals surface area contributed by atoms with Crippen molar-refractivity contribution in [3.63, 3.8) is 0 Å². The number of hydrogen-bond acceptors (Lipinski definition) is 6. The lowest BCUT2D eigenvalue weighted by atomic mass is 10.0. The zero-order valence-electron chi connectivity index (χ0n) is 43.3. The Morgan fingerprint density at radius 1 is 0.453 bits per heavy atom. The average molecular weight is 907 g/mol. The minimum atomic E-state index is -0.871. The summed E-state index contributed by atoms with van der Waals surface area (Å²) in [5.41, 5.74) is 0. The standard InChI is InChI=1S/C56H107NO7/c1-6-8-10-12-14-16-18-20-22-24-25-26-27-28-29-30-31-33-34-36-38-40-42-44-46-54(58)63-51-52(50-62-49-48-53(56(60)61)57(3,4)5)64-55(59)47-45-43-41-39-37-35-32-23-21-19-17-15-13-11-9-7-2/h23,32,52-53H,6-22,24-31,33-51H2,1-5H3/p+1/b32-23-. The van der Waals surface area contributed by atoms with Crippen LogP contribution in [-0.4, -0.2) is 80.6 Å². The number of nitrogens with zero attached hydrogens (tertiary/aromatic N) is 1. The van der Waals surface area contributed by atoms with E-state index in [1.807, 2.05) is 21.1 Å². The minimum absolute atomic E-state index is 0.0475. The fraction of sp³-hybridized carbons (Fsp3) is 0.911. The topological polar surface area (TPSA) is 99.1 Å². The van der Waals surface area contributed by atoms with Gasteiger partial charge in [0.25, 0.3) is 0 Å². The third-order valence-corrected chi connectivity index (χ3v) is 12.9. The molecule has 0 aliphatic rings. The summed E-state index contributed by atoms with van der Waals surface area (Å²) in [6.45, 7) is 4.78. The first kappa shape index (κ1) is 62.1. The zero-order valence-corrected chi connectivity index (χ0v) is 43.3. The SMILES string of the molecule is CCCCCCCCC/C=C\CCCCCCCC(=O)OC(COCCC(C(=O)O)[N+](C)(C)C)COC(=O)CCCCCCCCCCCCCCCCCCCCCCCCCC. The average Bonchev–Trinajstić information content (AvgIpc) is 3.26. The first-order chi connectivity index (χ1) is 31.1. The van der Waals surface area contributed by atoms with Crippen molar-refractivity contribution >= 4 is 17.9 Å². The Kier molecular flexibility index (Phi) is 46.1. The molecule has 64 heavy (non-hydrogen) atoms. The number of unbranched alkanes of at least 4 members (excludes halogenated alkanes) is 35. The predicted octanol–water partition coefficient (Wildman–Crippen LogP) is 16.2. The van der Waals surface area contributed by atoms with Crippen LogP contribution in [0.5, 0.6) is 0 Å². The van der Waals surface area contributed by atoms with Crippen LogP contribution in [0, 0.1) is 0 Å². The van der Waals surface area contributed by atoms with Crippen LogP contribution >= 0.6 is 0 Å². The number of allylic oxidation sites excluding steroid dienone is 2. The van der Waals surface area contributed by atoms with Crippen LogP contribution in [0.25, 0.3) is 0 Å². The van der Waals surface area contributed by atoms with Crippen LogP contribution in [0.4, 0.5) is 0 Å². The molecule has 378 valence electrons. The van der Waals surface area contributed by atoms with Crippen molar-refractivity contribution in [2.75, 3.05) is 41.0 Å². The molecule has 0 saturated heterocycles. The molecule has 1 N–H and O–H groups in total. The maximum Gasteiger partial charge on any atom is 0.362 e. The van der Waals surface area contributed by atoms with Gasteiger partial charge in [-0.2, -0.15) is 0 Å². The highest BCUT2D eigenvalue weighted by atomic mass is 16.6. The van der Waals surface area contributed by atoms with Gasteiger partial charge in [0.05, 0.1) is 34.4 Å². The molecule has 0 aliphatic carbocycles. The summed E-state index contributed by atoms with van der Waals surface area (Å²) in [7, 11) is 5.55. The summed E-state index contributed by atoms with van der Waals surface area (Å²) >= 11 is 0. The van der Waals surface area contributed by atoms with E-state index in [9.17, 15) is 19.5 Å². The van der Waals surface area contributed by atoms with Gasteiger partial charge in [-0.1, -0.05) is 231 Å². The number of likely N-dealkylation sites (N-methyl/N-ethyl adjacent to an activating group) is 1. The van der Waals surface area contributed by atoms with Gasteiger partial charge in [0.1, 0.15) is 6.61 Å². The Bertz CT molecular complexity index is 1060. The summed E-state index contributed by atoms with van der Waals surface area (Å²) < 4.78 is 17.4. The third kappa shape index (κ3) is 45.2. The number of esters is 2. The van der Waals surface area contributed by atoms with Crippen LogP contribution in [-0.2, 0) is 28.6 Å². The van der Waals surface area contributed by atoms with E-state index in [4.69, 9.17) is 14.2 Å². The molecule has 0 bridgehead atoms. The molecule has 0 amide bonds. The number of quaternary nitrogens is 1. The number of carboxylic acid groups (broad SMARTS) is 1. The molecule has 0 fully saturated rings. The normalized spacial score (nSPS) is 12.8. The monoisotopic (exact) mass is 907 g/mol. The number of carbonyl (C=O) groups excluding carboxylic acids is 2. The number of hydrogen-bond donors (Lipinski definition) is 1. The Hall–Kier alpha value is -1.93. The molecule has 0 aromatic carbocycles. The fourth-order valence-electron chi connectivity index (χ4n) is 8.62. The Morgan fingerprint density at radius 3 is 1.12 bits per heavy atom. The Labute approximate surface area is 397 Å². The van der Waals surface area contributed by atoms with E-state index in [0.717, 1.165) is 51.4 Å². The van der Waals surface area contributed by atoms with Gasteiger partial charge in [-0.05, 0) is 38.5 Å². The lowest BCUT2D eigenvalue weighted by Crippen LogP contribution is -2.50. The van der Waals surface area contributed by atoms with Gasteiger partial charge < -0.3 is 23.8 Å². The number of carboxylic acids is 1. The van der Waals surface area contributed by atoms with E-state index in [1.54, 1.807) is 0 Å². The molecule has 0 spiro atoms. The van der Waals surface area contributed by atoms with Crippen LogP contribution in [0.2, 0.25) is 0 Å². The van der Waals surface area contributed by atoms with E-state index in [1.165, 1.54) is 193 Å². The molecule has 8 heteroatoms. The van der Waals surface area contributed by atoms with Crippen molar-refractivity contribution in [1.29, 1.82) is 0 Å². The first-order valence-electron chi connectivity index (χ1n) is 27.7. The van der Waals surface area contributed by atoms with Crippen molar-refractivity contribution in [2.45, 2.75) is 289 Å². The molecule has 0 aromatic heterocycles. The zero-order chi connectivity index (χ0) is 47.0. The molecule has 0 rings (SSSR count). The summed E-state index contributed by atoms with van der Waals surface area (Å²) in [5.74, 6) is -1.45. The lowest BCUT2D eigenvalue weighted by molar-refractivity contribution is -0.887. The molecule has 2 atom stereocenters. The van der Waals surface area contributed by atoms with E-state index >= 15 is 0 Å². The first-order valence-corrected chi connectivity index (χ1v) is 27.7. The molecule has 0 radical (unpaired) electrons. The highest BCUT2D eigenvalue weighted by Crippen LogP contribution is 2.17. The lowest BCUT2D eigenvalue weighted by Gasteiger charge is -2.31. The van der Waals surface area contributed by atoms with Gasteiger partial charge in [-0.25, -0.2) is 4.79 Å². The molecule has 0 saturated carbocycles. The highest BCUT2D eigenvalue weighted by molar-refractivity contribution is 5.72. The van der Waals surface area contributed by atoms with Gasteiger partial charge in [-0.15, -0.1) is 0 Å². The van der Waals surface area contributed by atoms with Crippen molar-refractivity contribution in [3.8, 4) is 0 Å². The molecule has 8 nitrogen and oxygen atoms in total. The van der Waals surface area contributed by atoms with E-state index in [-0.39, 0.29) is 36.2 Å². The Morgan fingerprint density at radius 2 is 0.781 bits per heavy atom. The smallest absolute Gasteiger partial charge is 0.362 e. The fourth-order valence-corrected chi connectivity index (χ4v) is 8.62. The second-order valence-corrected chi connectivity index (χ2v) is 20.2. The third-order valence-electron chi connectivity index (χ3n) is 12.9. The summed E-state index contributed by atoms with van der Waals surface area (Å²) in [4.78, 5) is 37.2. The number of ether oxygens (including phenoxy) is 3. The molecular weight excluding hydrogens is 799 g/mol. The van der Waals surface area contributed by atoms with Crippen molar-refractivity contribution in [2.24, 2.45) is 0 Å². The van der Waals surface area contributed by atoms with E-state index < -0.39 is 18.1 Å². The molecular formula is C56H108NO7+. The van der Waals surface area contributed by atoms with Gasteiger partial charge >= 0.3 is 17.9 Å². The van der Waals surface area contributed by atoms with Crippen molar-refractivity contribution in [3.05, 3.63) is 12.2 Å². The maximum atomic E-state index is 12.8. The van der Waals surface area contributed by atoms with E-state index in [2.05, 4.69) is 26.0 Å². The summed E-state index contributed by atoms with van der Waals surface area (Å²) in [6, 6.07) is -0.613. The number of rotatable bonds is 51. The summed E-state index contributed by atoms with van der Waals surface area (Å²) in [6.07, 6.45) is 54.2. The van der Waals surface area contributed by atoms with Gasteiger partial charge in [0.2, 0.25) is 0 Å². The van der Waals surface area contributed by atoms with Gasteiger partial charge in [0.15, 0.2) is 12.1 Å². The Balaban J connectivity index is 4.12. The van der Waals surface area contributed by atoms with E-state index in [0.29, 0.717) is 19.3 Å². The minimum Gasteiger partial charge on any atom is -0.477 e. The largest absolute Gasteiger partial charge is 0.477 e. The second-order valence-electron chi connectivity index (χ2n) is 20.2. The summed E-state index contributed by atoms with van der Waals surface area (Å²) in [5, 5.41) is 9.66. The van der Waals surface area contributed by atoms with Crippen LogP contribution in [0.3, 0.4) is 0 Å². The molecule has 0 aliphatic heterocycles. The maximum absolute atomic E-state index is 12.8. The predicted molar refractivity (Wildman–Crippen MR) is 271 cm³/mol. The molecule has 2 unspecified atom stereocenters. The quantitative estimate of drug-likeness (QED) is 0.0281. The highest BCUT2D eigenvalue weighted by Gasteiger charge is 2.31. The van der Waals surface area contributed by atoms with Crippen LogP contribution in [0.1, 0.15) is 277 Å². The number of carbonyl (C=O) groups is 3. The van der Waals surface area contributed by atoms with Crippen molar-refractivity contribution < 1.29 is 38.2 Å².